The maximum Gasteiger partial charge on any atom is 0.232 e. The highest BCUT2D eigenvalue weighted by Crippen LogP contribution is 2.31. The Kier molecular flexibility index (Phi) is 3.14. The summed E-state index contributed by atoms with van der Waals surface area (Å²) in [7, 11) is 1.54. The molecule has 0 unspecified atom stereocenters. The van der Waals surface area contributed by atoms with Gasteiger partial charge in [-0.15, -0.1) is 0 Å². The molecule has 0 saturated heterocycles. The van der Waals surface area contributed by atoms with Gasteiger partial charge in [0.05, 0.1) is 17.2 Å². The topological polar surface area (TPSA) is 65.5 Å². The van der Waals surface area contributed by atoms with Crippen LogP contribution in [0, 0.1) is 0 Å². The van der Waals surface area contributed by atoms with E-state index in [4.69, 9.17) is 4.74 Å². The molecule has 0 aliphatic carbocycles. The first-order chi connectivity index (χ1) is 8.17. The Morgan fingerprint density at radius 3 is 2.94 bits per heavy atom. The van der Waals surface area contributed by atoms with Crippen molar-refractivity contribution >= 4 is 33.4 Å². The van der Waals surface area contributed by atoms with Gasteiger partial charge in [0.15, 0.2) is 0 Å². The van der Waals surface area contributed by atoms with Crippen LogP contribution in [0.3, 0.4) is 0 Å². The fourth-order valence-electron chi connectivity index (χ4n) is 1.64. The van der Waals surface area contributed by atoms with E-state index < -0.39 is 6.09 Å². The van der Waals surface area contributed by atoms with Gasteiger partial charge in [-0.3, -0.25) is 0 Å². The Morgan fingerprint density at radius 2 is 2.35 bits per heavy atom. The predicted octanol–water partition coefficient (Wildman–Crippen LogP) is 1.47. The van der Waals surface area contributed by atoms with Gasteiger partial charge >= 0.3 is 0 Å². The zero-order chi connectivity index (χ0) is 12.4. The number of rotatable bonds is 3. The van der Waals surface area contributed by atoms with Gasteiger partial charge in [-0.1, -0.05) is 0 Å². The maximum atomic E-state index is 10.9. The van der Waals surface area contributed by atoms with Crippen LogP contribution >= 0.6 is 11.5 Å². The molecular weight excluding hydrogens is 240 g/mol. The Bertz CT molecular complexity index is 553. The van der Waals surface area contributed by atoms with Crippen LogP contribution in [0.2, 0.25) is 0 Å². The largest absolute Gasteiger partial charge is 0.530 e. The van der Waals surface area contributed by atoms with Gasteiger partial charge in [-0.2, -0.15) is 4.37 Å². The number of nitrogens with zero attached hydrogens (tertiary/aromatic N) is 2. The van der Waals surface area contributed by atoms with Crippen molar-refractivity contribution in [3.05, 3.63) is 18.2 Å². The summed E-state index contributed by atoms with van der Waals surface area (Å²) < 4.78 is 10.2. The second-order valence-electron chi connectivity index (χ2n) is 3.38. The summed E-state index contributed by atoms with van der Waals surface area (Å²) in [5.74, 6) is 0.515. The van der Waals surface area contributed by atoms with Crippen molar-refractivity contribution in [2.45, 2.75) is 6.92 Å². The number of ether oxygens (including phenoxy) is 1. The predicted molar refractivity (Wildman–Crippen MR) is 64.6 cm³/mol. The summed E-state index contributed by atoms with van der Waals surface area (Å²) in [5.41, 5.74) is 0.568. The van der Waals surface area contributed by atoms with E-state index in [1.165, 1.54) is 18.6 Å². The molecule has 0 atom stereocenters. The molecule has 0 saturated carbocycles. The molecule has 1 amide bonds. The third-order valence-electron chi connectivity index (χ3n) is 2.46. The van der Waals surface area contributed by atoms with Crippen LogP contribution in [0.5, 0.6) is 5.88 Å². The fourth-order valence-corrected chi connectivity index (χ4v) is 2.36. The molecule has 0 bridgehead atoms. The molecular formula is C11H11N2O3S-. The zero-order valence-corrected chi connectivity index (χ0v) is 10.3. The van der Waals surface area contributed by atoms with Crippen molar-refractivity contribution in [2.24, 2.45) is 0 Å². The normalized spacial score (nSPS) is 10.5. The molecule has 5 nitrogen and oxygen atoms in total. The average Bonchev–Trinajstić information content (AvgIpc) is 2.71. The van der Waals surface area contributed by atoms with Crippen molar-refractivity contribution < 1.29 is 14.6 Å². The minimum Gasteiger partial charge on any atom is -0.530 e. The van der Waals surface area contributed by atoms with Crippen LogP contribution in [0.4, 0.5) is 10.5 Å². The Morgan fingerprint density at radius 1 is 1.59 bits per heavy atom. The molecule has 2 rings (SSSR count). The summed E-state index contributed by atoms with van der Waals surface area (Å²) >= 11 is 1.32. The van der Waals surface area contributed by atoms with E-state index in [1.807, 2.05) is 6.07 Å². The van der Waals surface area contributed by atoms with Gasteiger partial charge in [0.2, 0.25) is 5.88 Å². The molecule has 1 heterocycles. The minimum absolute atomic E-state index is 0.341. The minimum atomic E-state index is -1.21. The van der Waals surface area contributed by atoms with E-state index in [-0.39, 0.29) is 0 Å². The first kappa shape index (κ1) is 11.7. The molecule has 0 fully saturated rings. The highest BCUT2D eigenvalue weighted by molar-refractivity contribution is 7.13. The lowest BCUT2D eigenvalue weighted by Gasteiger charge is -2.23. The first-order valence-electron chi connectivity index (χ1n) is 5.09. The van der Waals surface area contributed by atoms with Crippen molar-refractivity contribution in [2.75, 3.05) is 18.6 Å². The highest BCUT2D eigenvalue weighted by atomic mass is 32.1. The molecule has 0 aliphatic heterocycles. The third kappa shape index (κ3) is 2.03. The van der Waals surface area contributed by atoms with Gasteiger partial charge in [-0.25, -0.2) is 0 Å². The number of fused-ring (bicyclic) bond motifs is 1. The van der Waals surface area contributed by atoms with E-state index in [2.05, 4.69) is 4.37 Å². The number of amides is 1. The highest BCUT2D eigenvalue weighted by Gasteiger charge is 2.10. The van der Waals surface area contributed by atoms with Gasteiger partial charge < -0.3 is 19.5 Å². The van der Waals surface area contributed by atoms with Crippen molar-refractivity contribution in [3.63, 3.8) is 0 Å². The number of carbonyl (C=O) groups excluding carboxylic acids is 1. The van der Waals surface area contributed by atoms with Gasteiger partial charge in [-0.05, 0) is 36.7 Å². The van der Waals surface area contributed by atoms with Gasteiger partial charge in [0, 0.05) is 12.2 Å². The Balaban J connectivity index is 2.52. The second kappa shape index (κ2) is 4.58. The average molecular weight is 251 g/mol. The molecule has 1 aromatic carbocycles. The van der Waals surface area contributed by atoms with E-state index in [9.17, 15) is 9.90 Å². The lowest BCUT2D eigenvalue weighted by molar-refractivity contribution is -0.246. The molecule has 0 N–H and O–H groups in total. The summed E-state index contributed by atoms with van der Waals surface area (Å²) in [5, 5.41) is 11.7. The van der Waals surface area contributed by atoms with E-state index >= 15 is 0 Å². The lowest BCUT2D eigenvalue weighted by Crippen LogP contribution is -2.41. The van der Waals surface area contributed by atoms with Crippen LogP contribution in [0.15, 0.2) is 18.2 Å². The molecule has 90 valence electrons. The quantitative estimate of drug-likeness (QED) is 0.828. The number of methoxy groups -OCH3 is 1. The number of aromatic nitrogens is 1. The summed E-state index contributed by atoms with van der Waals surface area (Å²) in [6, 6.07) is 5.31. The summed E-state index contributed by atoms with van der Waals surface area (Å²) in [4.78, 5) is 12.1. The summed E-state index contributed by atoms with van der Waals surface area (Å²) in [6.07, 6.45) is -1.21. The Labute approximate surface area is 102 Å². The fraction of sp³-hybridized carbons (Fsp3) is 0.273. The molecule has 0 radical (unpaired) electrons. The molecule has 1 aromatic heterocycles. The number of hydrogen-bond donors (Lipinski definition) is 0. The van der Waals surface area contributed by atoms with Crippen molar-refractivity contribution in [3.8, 4) is 5.88 Å². The number of carboxylic acid groups (broad SMARTS) is 1. The van der Waals surface area contributed by atoms with E-state index in [0.29, 0.717) is 18.1 Å². The van der Waals surface area contributed by atoms with E-state index in [0.717, 1.165) is 15.0 Å². The van der Waals surface area contributed by atoms with Crippen molar-refractivity contribution in [1.29, 1.82) is 0 Å². The lowest BCUT2D eigenvalue weighted by atomic mass is 10.2. The number of carbonyl (C=O) groups is 1. The van der Waals surface area contributed by atoms with Crippen LogP contribution < -0.4 is 14.7 Å². The zero-order valence-electron chi connectivity index (χ0n) is 9.47. The molecule has 2 aromatic rings. The van der Waals surface area contributed by atoms with Gasteiger partial charge in [0.1, 0.15) is 6.09 Å². The van der Waals surface area contributed by atoms with Gasteiger partial charge in [0.25, 0.3) is 0 Å². The number of hydrogen-bond acceptors (Lipinski definition) is 5. The molecule has 0 aliphatic rings. The second-order valence-corrected chi connectivity index (χ2v) is 4.19. The molecule has 6 heteroatoms. The molecule has 0 spiro atoms. The SMILES string of the molecule is CCN(C(=O)[O-])c1ccc2snc(OC)c2c1. The first-order valence-corrected chi connectivity index (χ1v) is 5.86. The Hall–Kier alpha value is -1.82. The van der Waals surface area contributed by atoms with Crippen LogP contribution in [0.1, 0.15) is 6.92 Å². The van der Waals surface area contributed by atoms with Crippen LogP contribution in [-0.4, -0.2) is 24.1 Å². The maximum absolute atomic E-state index is 10.9. The number of benzene rings is 1. The summed E-state index contributed by atoms with van der Waals surface area (Å²) in [6.45, 7) is 2.09. The van der Waals surface area contributed by atoms with Crippen LogP contribution in [0.25, 0.3) is 10.1 Å². The number of anilines is 1. The van der Waals surface area contributed by atoms with Crippen molar-refractivity contribution in [1.82, 2.24) is 4.37 Å². The monoisotopic (exact) mass is 251 g/mol. The van der Waals surface area contributed by atoms with Crippen LogP contribution in [-0.2, 0) is 0 Å². The third-order valence-corrected chi connectivity index (χ3v) is 3.27. The molecule has 17 heavy (non-hydrogen) atoms. The standard InChI is InChI=1S/C11H12N2O3S/c1-3-13(11(14)15)7-4-5-9-8(6-7)10(16-2)12-17-9/h4-6H,3H2,1-2H3,(H,14,15)/p-1. The smallest absolute Gasteiger partial charge is 0.232 e. The van der Waals surface area contributed by atoms with E-state index in [1.54, 1.807) is 19.1 Å².